The lowest BCUT2D eigenvalue weighted by Crippen LogP contribution is -2.47. The first-order valence-corrected chi connectivity index (χ1v) is 11.9. The molecule has 1 fully saturated rings. The highest BCUT2D eigenvalue weighted by Crippen LogP contribution is 2.47. The first-order valence-electron chi connectivity index (χ1n) is 10.0. The number of carbonyl (C=O) groups excluding carboxylic acids is 1. The molecule has 3 heterocycles. The highest BCUT2D eigenvalue weighted by atomic mass is 32.2. The lowest BCUT2D eigenvalue weighted by Gasteiger charge is -2.37. The highest BCUT2D eigenvalue weighted by Gasteiger charge is 2.46. The Kier molecular flexibility index (Phi) is 6.12. The molecule has 3 N–H and O–H groups in total. The largest absolute Gasteiger partial charge is 0.487 e. The smallest absolute Gasteiger partial charge is 0.229 e. The first kappa shape index (κ1) is 21.5. The normalized spacial score (nSPS) is 24.6. The molecule has 2 aliphatic heterocycles. The van der Waals surface area contributed by atoms with Crippen LogP contribution >= 0.6 is 0 Å². The lowest BCUT2D eigenvalue weighted by atomic mass is 9.84. The molecular formula is C21H25N3O6S. The van der Waals surface area contributed by atoms with Gasteiger partial charge in [0.05, 0.1) is 25.4 Å². The highest BCUT2D eigenvalue weighted by molar-refractivity contribution is 7.92. The maximum Gasteiger partial charge on any atom is 0.229 e. The van der Waals surface area contributed by atoms with Gasteiger partial charge in [-0.15, -0.1) is 0 Å². The summed E-state index contributed by atoms with van der Waals surface area (Å²) in [5.74, 6) is 0.377. The van der Waals surface area contributed by atoms with Gasteiger partial charge in [0, 0.05) is 36.1 Å². The maximum atomic E-state index is 12.5. The van der Waals surface area contributed by atoms with Crippen LogP contribution in [0, 0.1) is 0 Å². The van der Waals surface area contributed by atoms with Crippen molar-refractivity contribution < 1.29 is 27.8 Å². The third-order valence-corrected chi connectivity index (χ3v) is 6.06. The Morgan fingerprint density at radius 3 is 2.74 bits per heavy atom. The Bertz CT molecular complexity index is 1050. The molecule has 0 unspecified atom stereocenters. The topological polar surface area (TPSA) is 127 Å². The predicted octanol–water partition coefficient (Wildman–Crippen LogP) is 1.15. The summed E-state index contributed by atoms with van der Waals surface area (Å²) in [6.45, 7) is 0.161. The number of pyridine rings is 1. The van der Waals surface area contributed by atoms with E-state index in [1.165, 1.54) is 0 Å². The number of benzene rings is 1. The van der Waals surface area contributed by atoms with Crippen LogP contribution in [-0.2, 0) is 26.1 Å². The van der Waals surface area contributed by atoms with Crippen molar-refractivity contribution in [2.75, 3.05) is 17.6 Å². The van der Waals surface area contributed by atoms with E-state index in [4.69, 9.17) is 9.47 Å². The van der Waals surface area contributed by atoms with Crippen LogP contribution in [0.25, 0.3) is 0 Å². The zero-order chi connectivity index (χ0) is 22.0. The number of ether oxygens (including phenoxy) is 2. The van der Waals surface area contributed by atoms with Gasteiger partial charge in [0.1, 0.15) is 18.0 Å². The van der Waals surface area contributed by atoms with Gasteiger partial charge in [0.15, 0.2) is 0 Å². The van der Waals surface area contributed by atoms with E-state index in [0.29, 0.717) is 24.4 Å². The van der Waals surface area contributed by atoms with Crippen molar-refractivity contribution in [3.05, 3.63) is 53.9 Å². The molecule has 1 aromatic carbocycles. The molecule has 9 nitrogen and oxygen atoms in total. The summed E-state index contributed by atoms with van der Waals surface area (Å²) in [5.41, 5.74) is 2.25. The van der Waals surface area contributed by atoms with Gasteiger partial charge in [-0.05, 0) is 42.3 Å². The minimum absolute atomic E-state index is 0.111. The van der Waals surface area contributed by atoms with E-state index in [1.54, 1.807) is 30.6 Å². The molecule has 0 spiro atoms. The Hall–Kier alpha value is -2.69. The second-order valence-electron chi connectivity index (χ2n) is 7.87. The molecule has 31 heavy (non-hydrogen) atoms. The second kappa shape index (κ2) is 8.81. The summed E-state index contributed by atoms with van der Waals surface area (Å²) >= 11 is 0. The van der Waals surface area contributed by atoms with Gasteiger partial charge in [-0.25, -0.2) is 8.42 Å². The fourth-order valence-electron chi connectivity index (χ4n) is 4.15. The Morgan fingerprint density at radius 2 is 2.03 bits per heavy atom. The molecular weight excluding hydrogens is 422 g/mol. The molecule has 2 aromatic rings. The van der Waals surface area contributed by atoms with Crippen molar-refractivity contribution in [1.29, 1.82) is 0 Å². The summed E-state index contributed by atoms with van der Waals surface area (Å²) in [4.78, 5) is 16.4. The van der Waals surface area contributed by atoms with E-state index >= 15 is 0 Å². The minimum Gasteiger partial charge on any atom is -0.487 e. The third kappa shape index (κ3) is 5.15. The van der Waals surface area contributed by atoms with Gasteiger partial charge >= 0.3 is 0 Å². The number of hydrogen-bond donors (Lipinski definition) is 3. The minimum atomic E-state index is -3.41. The molecule has 0 bridgehead atoms. The number of aliphatic hydroxyl groups excluding tert-OH is 1. The quantitative estimate of drug-likeness (QED) is 0.581. The number of nitrogens with one attached hydrogen (secondary N) is 2. The van der Waals surface area contributed by atoms with E-state index in [1.807, 2.05) is 12.1 Å². The standard InChI is InChI=1S/C21H25N3O6S/c1-31(27,28)24-14-2-3-18-16(8-14)17-9-15(29-19(12-25)21(17)30-18)10-20(26)23-11-13-4-6-22-7-5-13/h2-8,15,17,19,21,24-25H,9-12H2,1H3,(H,23,26)/t15-,17+,19+,21-/m0/s1. The van der Waals surface area contributed by atoms with Crippen molar-refractivity contribution in [3.63, 3.8) is 0 Å². The van der Waals surface area contributed by atoms with Crippen LogP contribution in [0.3, 0.4) is 0 Å². The van der Waals surface area contributed by atoms with Gasteiger partial charge in [0.2, 0.25) is 15.9 Å². The van der Waals surface area contributed by atoms with Crippen molar-refractivity contribution in [1.82, 2.24) is 10.3 Å². The lowest BCUT2D eigenvalue weighted by molar-refractivity contribution is -0.142. The first-order chi connectivity index (χ1) is 14.8. The number of fused-ring (bicyclic) bond motifs is 3. The fourth-order valence-corrected chi connectivity index (χ4v) is 4.70. The van der Waals surface area contributed by atoms with Crippen LogP contribution in [0.4, 0.5) is 5.69 Å². The average Bonchev–Trinajstić information content (AvgIpc) is 3.09. The van der Waals surface area contributed by atoms with E-state index in [-0.39, 0.29) is 31.0 Å². The molecule has 0 aliphatic carbocycles. The van der Waals surface area contributed by atoms with Crippen LogP contribution in [0.5, 0.6) is 5.75 Å². The number of aromatic nitrogens is 1. The number of aliphatic hydroxyl groups is 1. The molecule has 4 atom stereocenters. The molecule has 166 valence electrons. The van der Waals surface area contributed by atoms with E-state index in [0.717, 1.165) is 17.4 Å². The van der Waals surface area contributed by atoms with Gasteiger partial charge in [0.25, 0.3) is 0 Å². The molecule has 10 heteroatoms. The third-order valence-electron chi connectivity index (χ3n) is 5.45. The van der Waals surface area contributed by atoms with Gasteiger partial charge in [-0.3, -0.25) is 14.5 Å². The number of sulfonamides is 1. The van der Waals surface area contributed by atoms with Gasteiger partial charge in [-0.2, -0.15) is 0 Å². The predicted molar refractivity (Wildman–Crippen MR) is 113 cm³/mol. The van der Waals surface area contributed by atoms with Crippen molar-refractivity contribution in [2.45, 2.75) is 43.6 Å². The fraction of sp³-hybridized carbons (Fsp3) is 0.429. The summed E-state index contributed by atoms with van der Waals surface area (Å²) < 4.78 is 37.6. The van der Waals surface area contributed by atoms with Crippen molar-refractivity contribution in [2.24, 2.45) is 0 Å². The summed E-state index contributed by atoms with van der Waals surface area (Å²) in [7, 11) is -3.41. The van der Waals surface area contributed by atoms with Crippen LogP contribution in [0.15, 0.2) is 42.7 Å². The summed E-state index contributed by atoms with van der Waals surface area (Å²) in [5, 5.41) is 12.7. The zero-order valence-corrected chi connectivity index (χ0v) is 17.8. The van der Waals surface area contributed by atoms with Crippen LogP contribution in [0.1, 0.15) is 29.9 Å². The SMILES string of the molecule is CS(=O)(=O)Nc1ccc2c(c1)[C@H]1C[C@@H](CC(=O)NCc3ccncc3)O[C@H](CO)[C@H]1O2. The van der Waals surface area contributed by atoms with E-state index in [2.05, 4.69) is 15.0 Å². The number of amides is 1. The molecule has 4 rings (SSSR count). The van der Waals surface area contributed by atoms with Crippen LogP contribution in [-0.4, -0.2) is 55.6 Å². The van der Waals surface area contributed by atoms with E-state index in [9.17, 15) is 18.3 Å². The van der Waals surface area contributed by atoms with Crippen LogP contribution in [0.2, 0.25) is 0 Å². The molecule has 1 saturated heterocycles. The van der Waals surface area contributed by atoms with Crippen LogP contribution < -0.4 is 14.8 Å². The number of carbonyl (C=O) groups is 1. The second-order valence-corrected chi connectivity index (χ2v) is 9.62. The van der Waals surface area contributed by atoms with E-state index < -0.39 is 22.2 Å². The molecule has 0 radical (unpaired) electrons. The van der Waals surface area contributed by atoms with Crippen molar-refractivity contribution in [3.8, 4) is 5.75 Å². The maximum absolute atomic E-state index is 12.5. The number of rotatable bonds is 7. The molecule has 2 aliphatic rings. The monoisotopic (exact) mass is 447 g/mol. The summed E-state index contributed by atoms with van der Waals surface area (Å²) in [6.07, 6.45) is 3.76. The summed E-state index contributed by atoms with van der Waals surface area (Å²) in [6, 6.07) is 8.76. The Morgan fingerprint density at radius 1 is 1.26 bits per heavy atom. The number of hydrogen-bond acceptors (Lipinski definition) is 7. The molecule has 1 amide bonds. The molecule has 0 saturated carbocycles. The molecule has 1 aromatic heterocycles. The zero-order valence-electron chi connectivity index (χ0n) is 17.0. The average molecular weight is 448 g/mol. The Labute approximate surface area is 180 Å². The van der Waals surface area contributed by atoms with Crippen molar-refractivity contribution >= 4 is 21.6 Å². The number of anilines is 1. The van der Waals surface area contributed by atoms with Gasteiger partial charge in [-0.1, -0.05) is 0 Å². The number of nitrogens with zero attached hydrogens (tertiary/aromatic N) is 1. The van der Waals surface area contributed by atoms with Gasteiger partial charge < -0.3 is 19.9 Å². The Balaban J connectivity index is 1.45.